The fourth-order valence-electron chi connectivity index (χ4n) is 3.60. The van der Waals surface area contributed by atoms with Crippen LogP contribution in [0.1, 0.15) is 18.1 Å². The van der Waals surface area contributed by atoms with Crippen LogP contribution >= 0.6 is 0 Å². The van der Waals surface area contributed by atoms with Gasteiger partial charge in [-0.2, -0.15) is 0 Å². The zero-order chi connectivity index (χ0) is 19.3. The van der Waals surface area contributed by atoms with Crippen LogP contribution in [0.5, 0.6) is 0 Å². The minimum Gasteiger partial charge on any atom is -0.356 e. The average molecular weight is 364 g/mol. The molecule has 0 heterocycles. The number of fused-ring (bicyclic) bond motifs is 3. The van der Waals surface area contributed by atoms with E-state index < -0.39 is 0 Å². The Hall–Kier alpha value is -3.52. The van der Waals surface area contributed by atoms with Crippen LogP contribution in [0.3, 0.4) is 0 Å². The third-order valence-electron chi connectivity index (χ3n) is 4.96. The van der Waals surface area contributed by atoms with E-state index in [0.29, 0.717) is 0 Å². The molecule has 0 radical (unpaired) electrons. The third kappa shape index (κ3) is 3.77. The molecule has 0 aliphatic heterocycles. The predicted molar refractivity (Wildman–Crippen MR) is 121 cm³/mol. The summed E-state index contributed by atoms with van der Waals surface area (Å²) in [5, 5.41) is 6.97. The van der Waals surface area contributed by atoms with Gasteiger partial charge in [0, 0.05) is 22.8 Å². The summed E-state index contributed by atoms with van der Waals surface area (Å²) in [4.78, 5) is 0. The number of rotatable bonds is 6. The van der Waals surface area contributed by atoms with E-state index in [9.17, 15) is 0 Å². The highest BCUT2D eigenvalue weighted by molar-refractivity contribution is 5.81. The molecule has 2 heteroatoms. The second-order valence-corrected chi connectivity index (χ2v) is 6.88. The van der Waals surface area contributed by atoms with Gasteiger partial charge in [0.25, 0.3) is 0 Å². The van der Waals surface area contributed by atoms with Gasteiger partial charge in [-0.05, 0) is 78.1 Å². The first-order valence-corrected chi connectivity index (χ1v) is 9.57. The average Bonchev–Trinajstić information content (AvgIpc) is 3.08. The zero-order valence-electron chi connectivity index (χ0n) is 16.1. The van der Waals surface area contributed by atoms with Crippen LogP contribution in [-0.2, 0) is 6.42 Å². The van der Waals surface area contributed by atoms with Crippen LogP contribution in [0.25, 0.3) is 11.1 Å². The summed E-state index contributed by atoms with van der Waals surface area (Å²) < 4.78 is 0. The van der Waals surface area contributed by atoms with Gasteiger partial charge in [0.05, 0.1) is 0 Å². The molecule has 0 bridgehead atoms. The number of hydrogen-bond acceptors (Lipinski definition) is 2. The minimum absolute atomic E-state index is 0.957. The molecule has 0 unspecified atom stereocenters. The quantitative estimate of drug-likeness (QED) is 0.358. The second kappa shape index (κ2) is 8.01. The van der Waals surface area contributed by atoms with E-state index in [1.165, 1.54) is 22.3 Å². The molecule has 1 aliphatic rings. The first kappa shape index (κ1) is 17.9. The van der Waals surface area contributed by atoms with Gasteiger partial charge < -0.3 is 10.6 Å². The fourth-order valence-corrected chi connectivity index (χ4v) is 3.60. The summed E-state index contributed by atoms with van der Waals surface area (Å²) in [7, 11) is 0. The molecule has 2 N–H and O–H groups in total. The molecule has 1 aliphatic carbocycles. The maximum atomic E-state index is 3.73. The monoisotopic (exact) mass is 364 g/mol. The first-order chi connectivity index (χ1) is 13.8. The molecule has 0 fully saturated rings. The van der Waals surface area contributed by atoms with Crippen LogP contribution in [0.4, 0.5) is 17.1 Å². The Morgan fingerprint density at radius 1 is 0.857 bits per heavy atom. The van der Waals surface area contributed by atoms with Crippen molar-refractivity contribution in [3.8, 4) is 11.1 Å². The van der Waals surface area contributed by atoms with Crippen molar-refractivity contribution in [1.29, 1.82) is 0 Å². The van der Waals surface area contributed by atoms with E-state index in [4.69, 9.17) is 0 Å². The van der Waals surface area contributed by atoms with E-state index >= 15 is 0 Å². The molecule has 4 rings (SSSR count). The Morgan fingerprint density at radius 2 is 1.54 bits per heavy atom. The maximum Gasteiger partial charge on any atom is 0.0387 e. The lowest BCUT2D eigenvalue weighted by Crippen LogP contribution is -1.97. The van der Waals surface area contributed by atoms with Crippen molar-refractivity contribution < 1.29 is 0 Å². The van der Waals surface area contributed by atoms with Crippen LogP contribution in [0, 0.1) is 0 Å². The van der Waals surface area contributed by atoms with Crippen LogP contribution in [-0.4, -0.2) is 0 Å². The summed E-state index contributed by atoms with van der Waals surface area (Å²) in [6.07, 6.45) is 8.76. The SMILES string of the molecule is C=C/C=C\C(=C/C)Nc1ccc2c(c1)Cc1cc(Nc3ccccc3)ccc1-2. The van der Waals surface area contributed by atoms with Crippen molar-refractivity contribution in [3.63, 3.8) is 0 Å². The van der Waals surface area contributed by atoms with Crippen molar-refractivity contribution in [2.75, 3.05) is 10.6 Å². The van der Waals surface area contributed by atoms with Gasteiger partial charge in [0.1, 0.15) is 0 Å². The van der Waals surface area contributed by atoms with Crippen molar-refractivity contribution in [2.24, 2.45) is 0 Å². The van der Waals surface area contributed by atoms with Gasteiger partial charge in [-0.25, -0.2) is 0 Å². The Bertz CT molecular complexity index is 1060. The summed E-state index contributed by atoms with van der Waals surface area (Å²) in [6.45, 7) is 5.76. The van der Waals surface area contributed by atoms with Crippen LogP contribution < -0.4 is 10.6 Å². The molecular formula is C26H24N2. The lowest BCUT2D eigenvalue weighted by Gasteiger charge is -2.09. The van der Waals surface area contributed by atoms with E-state index in [2.05, 4.69) is 71.8 Å². The zero-order valence-corrected chi connectivity index (χ0v) is 16.1. The highest BCUT2D eigenvalue weighted by Gasteiger charge is 2.19. The normalized spacial score (nSPS) is 12.5. The fraction of sp³-hybridized carbons (Fsp3) is 0.0769. The predicted octanol–water partition coefficient (Wildman–Crippen LogP) is 7.06. The number of benzene rings is 3. The van der Waals surface area contributed by atoms with E-state index in [0.717, 1.165) is 29.2 Å². The standard InChI is InChI=1S/C26H24N2/c1-3-5-9-21(4-2)27-23-12-14-25-19(17-23)16-20-18-24(13-15-26(20)25)28-22-10-7-6-8-11-22/h3-15,17-18,27-28H,1,16H2,2H3/b9-5-,21-4+. The first-order valence-electron chi connectivity index (χ1n) is 9.57. The minimum atomic E-state index is 0.957. The molecule has 0 atom stereocenters. The smallest absolute Gasteiger partial charge is 0.0387 e. The highest BCUT2D eigenvalue weighted by atomic mass is 14.9. The number of hydrogen-bond donors (Lipinski definition) is 2. The number of nitrogens with one attached hydrogen (secondary N) is 2. The van der Waals surface area contributed by atoms with Gasteiger partial charge >= 0.3 is 0 Å². The summed E-state index contributed by atoms with van der Waals surface area (Å²) in [5.41, 5.74) is 9.79. The molecule has 0 spiro atoms. The van der Waals surface area contributed by atoms with Gasteiger partial charge in [-0.3, -0.25) is 0 Å². The molecule has 0 saturated heterocycles. The third-order valence-corrected chi connectivity index (χ3v) is 4.96. The lowest BCUT2D eigenvalue weighted by molar-refractivity contribution is 1.26. The topological polar surface area (TPSA) is 24.1 Å². The van der Waals surface area contributed by atoms with Gasteiger partial charge in [-0.15, -0.1) is 0 Å². The molecule has 0 amide bonds. The van der Waals surface area contributed by atoms with Gasteiger partial charge in [-0.1, -0.05) is 55.1 Å². The Morgan fingerprint density at radius 3 is 2.21 bits per heavy atom. The molecule has 0 saturated carbocycles. The Balaban J connectivity index is 1.55. The van der Waals surface area contributed by atoms with Crippen molar-refractivity contribution >= 4 is 17.1 Å². The van der Waals surface area contributed by atoms with Crippen LogP contribution in [0.15, 0.2) is 103 Å². The molecular weight excluding hydrogens is 340 g/mol. The Kier molecular flexibility index (Phi) is 5.11. The van der Waals surface area contributed by atoms with Gasteiger partial charge in [0.2, 0.25) is 0 Å². The summed E-state index contributed by atoms with van der Waals surface area (Å²) >= 11 is 0. The second-order valence-electron chi connectivity index (χ2n) is 6.88. The summed E-state index contributed by atoms with van der Waals surface area (Å²) in [5.74, 6) is 0. The molecule has 3 aromatic carbocycles. The lowest BCUT2D eigenvalue weighted by atomic mass is 10.0. The molecule has 3 aromatic rings. The summed E-state index contributed by atoms with van der Waals surface area (Å²) in [6, 6.07) is 23.6. The van der Waals surface area contributed by atoms with E-state index in [1.54, 1.807) is 6.08 Å². The molecule has 2 nitrogen and oxygen atoms in total. The maximum absolute atomic E-state index is 3.73. The molecule has 138 valence electrons. The number of allylic oxidation sites excluding steroid dienone is 4. The Labute approximate surface area is 166 Å². The molecule has 0 aromatic heterocycles. The molecule has 28 heavy (non-hydrogen) atoms. The van der Waals surface area contributed by atoms with Crippen LogP contribution in [0.2, 0.25) is 0 Å². The van der Waals surface area contributed by atoms with Crippen molar-refractivity contribution in [3.05, 3.63) is 114 Å². The van der Waals surface area contributed by atoms with Gasteiger partial charge in [0.15, 0.2) is 0 Å². The van der Waals surface area contributed by atoms with E-state index in [1.807, 2.05) is 37.3 Å². The number of anilines is 3. The van der Waals surface area contributed by atoms with Crippen molar-refractivity contribution in [1.82, 2.24) is 0 Å². The van der Waals surface area contributed by atoms with Crippen molar-refractivity contribution in [2.45, 2.75) is 13.3 Å². The van der Waals surface area contributed by atoms with E-state index in [-0.39, 0.29) is 0 Å². The number of para-hydroxylation sites is 1. The highest BCUT2D eigenvalue weighted by Crippen LogP contribution is 2.39. The largest absolute Gasteiger partial charge is 0.356 e.